The van der Waals surface area contributed by atoms with Crippen LogP contribution in [0.3, 0.4) is 0 Å². The van der Waals surface area contributed by atoms with Crippen LogP contribution >= 0.6 is 0 Å². The van der Waals surface area contributed by atoms with Crippen LogP contribution in [0.2, 0.25) is 0 Å². The Morgan fingerprint density at radius 3 is 2.23 bits per heavy atom. The highest BCUT2D eigenvalue weighted by atomic mass is 32.2. The van der Waals surface area contributed by atoms with E-state index in [-0.39, 0.29) is 35.1 Å². The Kier molecular flexibility index (Phi) is 5.64. The highest BCUT2D eigenvalue weighted by molar-refractivity contribution is 7.92. The van der Waals surface area contributed by atoms with E-state index in [0.717, 1.165) is 36.8 Å². The van der Waals surface area contributed by atoms with Gasteiger partial charge in [0.15, 0.2) is 0 Å². The van der Waals surface area contributed by atoms with Gasteiger partial charge in [0.1, 0.15) is 0 Å². The summed E-state index contributed by atoms with van der Waals surface area (Å²) >= 11 is 0. The predicted octanol–water partition coefficient (Wildman–Crippen LogP) is 4.09. The zero-order chi connectivity index (χ0) is 22.3. The molecule has 4 rings (SSSR count). The van der Waals surface area contributed by atoms with Crippen LogP contribution in [0, 0.1) is 32.6 Å². The quantitative estimate of drug-likeness (QED) is 0.710. The SMILES string of the molecule is Cc1ccc(CN2C(=O)[C@H]3CCCC[C@H]3C2=O)cc1S(=O)(=O)Nc1cccc(C)c1C. The molecule has 0 bridgehead atoms. The molecule has 2 aliphatic rings. The van der Waals surface area contributed by atoms with E-state index >= 15 is 0 Å². The largest absolute Gasteiger partial charge is 0.279 e. The number of fused-ring (bicyclic) bond motifs is 1. The Bertz CT molecular complexity index is 1130. The third kappa shape index (κ3) is 3.99. The fourth-order valence-electron chi connectivity index (χ4n) is 4.66. The number of anilines is 1. The summed E-state index contributed by atoms with van der Waals surface area (Å²) in [5.41, 5.74) is 3.65. The van der Waals surface area contributed by atoms with Crippen molar-refractivity contribution in [2.24, 2.45) is 11.8 Å². The van der Waals surface area contributed by atoms with Crippen LogP contribution in [-0.4, -0.2) is 25.1 Å². The average molecular weight is 441 g/mol. The van der Waals surface area contributed by atoms with E-state index < -0.39 is 10.0 Å². The Morgan fingerprint density at radius 1 is 0.935 bits per heavy atom. The van der Waals surface area contributed by atoms with Gasteiger partial charge in [0, 0.05) is 0 Å². The van der Waals surface area contributed by atoms with Gasteiger partial charge in [-0.25, -0.2) is 8.42 Å². The van der Waals surface area contributed by atoms with Crippen LogP contribution < -0.4 is 4.72 Å². The molecule has 1 saturated heterocycles. The fraction of sp³-hybridized carbons (Fsp3) is 0.417. The molecule has 0 radical (unpaired) electrons. The van der Waals surface area contributed by atoms with E-state index in [9.17, 15) is 18.0 Å². The second-order valence-corrected chi connectivity index (χ2v) is 10.4. The average Bonchev–Trinajstić information content (AvgIpc) is 2.97. The molecular formula is C24H28N2O4S. The van der Waals surface area contributed by atoms with Crippen molar-refractivity contribution in [1.29, 1.82) is 0 Å². The van der Waals surface area contributed by atoms with Crippen molar-refractivity contribution >= 4 is 27.5 Å². The number of imide groups is 1. The third-order valence-electron chi connectivity index (χ3n) is 6.66. The summed E-state index contributed by atoms with van der Waals surface area (Å²) in [6, 6.07) is 10.6. The topological polar surface area (TPSA) is 83.6 Å². The summed E-state index contributed by atoms with van der Waals surface area (Å²) in [4.78, 5) is 27.1. The van der Waals surface area contributed by atoms with E-state index in [1.54, 1.807) is 31.2 Å². The lowest BCUT2D eigenvalue weighted by Gasteiger charge is -2.19. The standard InChI is InChI=1S/C24H28N2O4S/c1-15-7-6-10-21(17(15)3)25-31(29,30)22-13-18(12-11-16(22)2)14-26-23(27)19-8-4-5-9-20(19)24(26)28/h6-7,10-13,19-20,25H,4-5,8-9,14H2,1-3H3/t19-,20+. The van der Waals surface area contributed by atoms with Gasteiger partial charge in [0.25, 0.3) is 10.0 Å². The van der Waals surface area contributed by atoms with E-state index in [1.807, 2.05) is 26.0 Å². The van der Waals surface area contributed by atoms with Crippen LogP contribution in [0.25, 0.3) is 0 Å². The van der Waals surface area contributed by atoms with Crippen molar-refractivity contribution in [1.82, 2.24) is 4.90 Å². The second kappa shape index (κ2) is 8.11. The molecule has 2 amide bonds. The molecule has 0 spiro atoms. The predicted molar refractivity (Wildman–Crippen MR) is 119 cm³/mol. The lowest BCUT2D eigenvalue weighted by molar-refractivity contribution is -0.140. The summed E-state index contributed by atoms with van der Waals surface area (Å²) in [7, 11) is -3.83. The maximum Gasteiger partial charge on any atom is 0.262 e. The lowest BCUT2D eigenvalue weighted by atomic mass is 9.81. The van der Waals surface area contributed by atoms with Crippen molar-refractivity contribution in [2.45, 2.75) is 57.9 Å². The first-order valence-electron chi connectivity index (χ1n) is 10.7. The van der Waals surface area contributed by atoms with Crippen molar-refractivity contribution < 1.29 is 18.0 Å². The van der Waals surface area contributed by atoms with Gasteiger partial charge in [0.05, 0.1) is 29.0 Å². The molecule has 1 heterocycles. The number of nitrogens with one attached hydrogen (secondary N) is 1. The number of amides is 2. The number of aryl methyl sites for hydroxylation is 2. The molecule has 0 unspecified atom stereocenters. The lowest BCUT2D eigenvalue weighted by Crippen LogP contribution is -2.30. The van der Waals surface area contributed by atoms with Gasteiger partial charge in [-0.3, -0.25) is 19.2 Å². The van der Waals surface area contributed by atoms with E-state index in [2.05, 4.69) is 4.72 Å². The van der Waals surface area contributed by atoms with Crippen molar-refractivity contribution in [3.05, 3.63) is 58.7 Å². The molecule has 2 aromatic rings. The van der Waals surface area contributed by atoms with Gasteiger partial charge in [-0.15, -0.1) is 0 Å². The number of nitrogens with zero attached hydrogens (tertiary/aromatic N) is 1. The third-order valence-corrected chi connectivity index (χ3v) is 8.17. The van der Waals surface area contributed by atoms with Crippen molar-refractivity contribution in [3.8, 4) is 0 Å². The molecule has 0 aromatic heterocycles. The van der Waals surface area contributed by atoms with Crippen LogP contribution in [0.5, 0.6) is 0 Å². The Labute approximate surface area is 183 Å². The smallest absolute Gasteiger partial charge is 0.262 e. The fourth-order valence-corrected chi connectivity index (χ4v) is 6.08. The van der Waals surface area contributed by atoms with Gasteiger partial charge in [0.2, 0.25) is 11.8 Å². The molecule has 7 heteroatoms. The number of hydrogen-bond acceptors (Lipinski definition) is 4. The number of carbonyl (C=O) groups is 2. The Morgan fingerprint density at radius 2 is 1.58 bits per heavy atom. The molecule has 2 atom stereocenters. The second-order valence-electron chi connectivity index (χ2n) is 8.71. The van der Waals surface area contributed by atoms with E-state index in [0.29, 0.717) is 16.8 Å². The molecule has 1 saturated carbocycles. The normalized spacial score (nSPS) is 21.3. The number of likely N-dealkylation sites (tertiary alicyclic amines) is 1. The molecule has 2 fully saturated rings. The minimum absolute atomic E-state index is 0.108. The molecule has 1 aliphatic heterocycles. The number of carbonyl (C=O) groups excluding carboxylic acids is 2. The number of hydrogen-bond donors (Lipinski definition) is 1. The minimum atomic E-state index is -3.83. The monoisotopic (exact) mass is 440 g/mol. The zero-order valence-corrected chi connectivity index (χ0v) is 19.0. The number of sulfonamides is 1. The van der Waals surface area contributed by atoms with Gasteiger partial charge < -0.3 is 0 Å². The summed E-state index contributed by atoms with van der Waals surface area (Å²) in [5, 5.41) is 0. The van der Waals surface area contributed by atoms with Gasteiger partial charge in [-0.1, -0.05) is 37.1 Å². The summed E-state index contributed by atoms with van der Waals surface area (Å²) in [6.07, 6.45) is 3.48. The highest BCUT2D eigenvalue weighted by Crippen LogP contribution is 2.38. The van der Waals surface area contributed by atoms with Crippen molar-refractivity contribution in [2.75, 3.05) is 4.72 Å². The van der Waals surface area contributed by atoms with Crippen LogP contribution in [-0.2, 0) is 26.2 Å². The summed E-state index contributed by atoms with van der Waals surface area (Å²) in [5.74, 6) is -0.650. The maximum atomic E-state index is 13.2. The maximum absolute atomic E-state index is 13.2. The molecule has 1 aliphatic carbocycles. The van der Waals surface area contributed by atoms with Crippen LogP contribution in [0.1, 0.15) is 47.9 Å². The number of rotatable bonds is 5. The first-order valence-corrected chi connectivity index (χ1v) is 12.2. The summed E-state index contributed by atoms with van der Waals surface area (Å²) < 4.78 is 29.0. The summed E-state index contributed by atoms with van der Waals surface area (Å²) in [6.45, 7) is 5.65. The number of benzene rings is 2. The van der Waals surface area contributed by atoms with Gasteiger partial charge in [-0.2, -0.15) is 0 Å². The Hall–Kier alpha value is -2.67. The first kappa shape index (κ1) is 21.6. The zero-order valence-electron chi connectivity index (χ0n) is 18.1. The molecule has 31 heavy (non-hydrogen) atoms. The minimum Gasteiger partial charge on any atom is -0.279 e. The highest BCUT2D eigenvalue weighted by Gasteiger charge is 2.47. The molecule has 164 valence electrons. The molecule has 2 aromatic carbocycles. The molecule has 1 N–H and O–H groups in total. The van der Waals surface area contributed by atoms with Gasteiger partial charge >= 0.3 is 0 Å². The Balaban J connectivity index is 1.61. The van der Waals surface area contributed by atoms with E-state index in [1.165, 1.54) is 4.90 Å². The van der Waals surface area contributed by atoms with Crippen molar-refractivity contribution in [3.63, 3.8) is 0 Å². The van der Waals surface area contributed by atoms with Gasteiger partial charge in [-0.05, 0) is 68.0 Å². The first-order chi connectivity index (χ1) is 14.7. The molecule has 6 nitrogen and oxygen atoms in total. The van der Waals surface area contributed by atoms with Crippen LogP contribution in [0.15, 0.2) is 41.3 Å². The molecular weight excluding hydrogens is 412 g/mol. The van der Waals surface area contributed by atoms with E-state index in [4.69, 9.17) is 0 Å². The van der Waals surface area contributed by atoms with Crippen LogP contribution in [0.4, 0.5) is 5.69 Å².